The number of aryl methyl sites for hydroxylation is 1. The van der Waals surface area contributed by atoms with Gasteiger partial charge >= 0.3 is 0 Å². The summed E-state index contributed by atoms with van der Waals surface area (Å²) in [7, 11) is 3.31. The summed E-state index contributed by atoms with van der Waals surface area (Å²) in [4.78, 5) is 22.6. The highest BCUT2D eigenvalue weighted by molar-refractivity contribution is 5.97. The van der Waals surface area contributed by atoms with Gasteiger partial charge in [-0.3, -0.25) is 4.79 Å². The molecule has 1 aromatic heterocycles. The number of fused-ring (bicyclic) bond motifs is 1. The second-order valence-corrected chi connectivity index (χ2v) is 6.48. The minimum absolute atomic E-state index is 0.0110. The molecule has 6 nitrogen and oxygen atoms in total. The first kappa shape index (κ1) is 18.9. The van der Waals surface area contributed by atoms with E-state index in [0.717, 1.165) is 34.6 Å². The number of hydrogen-bond acceptors (Lipinski definition) is 4. The van der Waals surface area contributed by atoms with Crippen molar-refractivity contribution in [1.82, 2.24) is 14.9 Å². The van der Waals surface area contributed by atoms with Crippen molar-refractivity contribution in [3.8, 4) is 5.75 Å². The molecule has 0 atom stereocenters. The zero-order valence-electron chi connectivity index (χ0n) is 16.0. The van der Waals surface area contributed by atoms with Gasteiger partial charge in [-0.15, -0.1) is 0 Å². The average molecular weight is 367 g/mol. The third kappa shape index (κ3) is 4.65. The molecule has 3 rings (SSSR count). The third-order valence-electron chi connectivity index (χ3n) is 4.42. The smallest absolute Gasteiger partial charge is 0.254 e. The van der Waals surface area contributed by atoms with E-state index in [1.165, 1.54) is 0 Å². The molecule has 142 valence electrons. The minimum atomic E-state index is -0.0110. The lowest BCUT2D eigenvalue weighted by Gasteiger charge is -2.23. The second-order valence-electron chi connectivity index (χ2n) is 6.48. The number of methoxy groups -OCH3 is 2. The van der Waals surface area contributed by atoms with Crippen LogP contribution in [0.4, 0.5) is 0 Å². The number of carbonyl (C=O) groups is 1. The lowest BCUT2D eigenvalue weighted by atomic mass is 10.1. The van der Waals surface area contributed by atoms with Crippen LogP contribution in [0.2, 0.25) is 0 Å². The van der Waals surface area contributed by atoms with Crippen molar-refractivity contribution in [1.29, 1.82) is 0 Å². The fourth-order valence-electron chi connectivity index (χ4n) is 3.10. The highest BCUT2D eigenvalue weighted by Gasteiger charge is 2.17. The van der Waals surface area contributed by atoms with Crippen molar-refractivity contribution in [3.63, 3.8) is 0 Å². The summed E-state index contributed by atoms with van der Waals surface area (Å²) in [5.41, 5.74) is 3.41. The fraction of sp³-hybridized carbons (Fsp3) is 0.333. The quantitative estimate of drug-likeness (QED) is 0.618. The Morgan fingerprint density at radius 1 is 1.19 bits per heavy atom. The van der Waals surface area contributed by atoms with Gasteiger partial charge in [0.2, 0.25) is 0 Å². The van der Waals surface area contributed by atoms with Crippen LogP contribution in [0.3, 0.4) is 0 Å². The molecule has 6 heteroatoms. The van der Waals surface area contributed by atoms with Crippen LogP contribution >= 0.6 is 0 Å². The Morgan fingerprint density at radius 2 is 2.04 bits per heavy atom. The molecular formula is C21H25N3O3. The van der Waals surface area contributed by atoms with Crippen LogP contribution in [0.15, 0.2) is 42.5 Å². The summed E-state index contributed by atoms with van der Waals surface area (Å²) in [5, 5.41) is 0. The zero-order chi connectivity index (χ0) is 19.2. The monoisotopic (exact) mass is 367 g/mol. The largest absolute Gasteiger partial charge is 0.497 e. The fourth-order valence-corrected chi connectivity index (χ4v) is 3.10. The number of nitrogens with zero attached hydrogens (tertiary/aromatic N) is 2. The van der Waals surface area contributed by atoms with Gasteiger partial charge in [0.1, 0.15) is 11.6 Å². The van der Waals surface area contributed by atoms with E-state index < -0.39 is 0 Å². The molecule has 1 heterocycles. The van der Waals surface area contributed by atoms with E-state index in [9.17, 15) is 4.79 Å². The molecule has 0 aliphatic rings. The van der Waals surface area contributed by atoms with Crippen molar-refractivity contribution in [3.05, 3.63) is 59.4 Å². The van der Waals surface area contributed by atoms with E-state index in [2.05, 4.69) is 9.97 Å². The first-order chi connectivity index (χ1) is 13.1. The molecule has 0 saturated carbocycles. The Kier molecular flexibility index (Phi) is 6.08. The number of aromatic amines is 1. The van der Waals surface area contributed by atoms with Crippen molar-refractivity contribution in [2.45, 2.75) is 19.9 Å². The molecule has 27 heavy (non-hydrogen) atoms. The molecule has 0 bridgehead atoms. The van der Waals surface area contributed by atoms with Crippen molar-refractivity contribution >= 4 is 16.9 Å². The maximum atomic E-state index is 13.2. The topological polar surface area (TPSA) is 67.5 Å². The number of hydrogen-bond donors (Lipinski definition) is 1. The third-order valence-corrected chi connectivity index (χ3v) is 4.42. The Labute approximate surface area is 159 Å². The Morgan fingerprint density at radius 3 is 2.81 bits per heavy atom. The number of amides is 1. The van der Waals surface area contributed by atoms with Gasteiger partial charge < -0.3 is 19.4 Å². The maximum absolute atomic E-state index is 13.2. The SMILES string of the molecule is COCCCN(Cc1cccc(OC)c1)C(=O)c1ccc2nc(C)[nH]c2c1. The first-order valence-corrected chi connectivity index (χ1v) is 8.98. The molecule has 0 fully saturated rings. The first-order valence-electron chi connectivity index (χ1n) is 8.98. The van der Waals surface area contributed by atoms with Gasteiger partial charge in [-0.2, -0.15) is 0 Å². The van der Waals surface area contributed by atoms with Crippen molar-refractivity contribution in [2.24, 2.45) is 0 Å². The predicted molar refractivity (Wildman–Crippen MR) is 105 cm³/mol. The number of ether oxygens (including phenoxy) is 2. The minimum Gasteiger partial charge on any atom is -0.497 e. The Hall–Kier alpha value is -2.86. The van der Waals surface area contributed by atoms with Gasteiger partial charge in [-0.05, 0) is 49.2 Å². The Bertz CT molecular complexity index is 920. The standard InChI is InChI=1S/C21H25N3O3/c1-15-22-19-9-8-17(13-20(19)23-15)21(25)24(10-5-11-26-2)14-16-6-4-7-18(12-16)27-3/h4,6-9,12-13H,5,10-11,14H2,1-3H3,(H,22,23). The number of carbonyl (C=O) groups excluding carboxylic acids is 1. The van der Waals surface area contributed by atoms with Crippen LogP contribution in [0.25, 0.3) is 11.0 Å². The molecular weight excluding hydrogens is 342 g/mol. The molecule has 1 N–H and O–H groups in total. The van der Waals surface area contributed by atoms with Gasteiger partial charge in [0.25, 0.3) is 5.91 Å². The van der Waals surface area contributed by atoms with Gasteiger partial charge in [-0.25, -0.2) is 4.98 Å². The van der Waals surface area contributed by atoms with E-state index in [1.807, 2.05) is 54.3 Å². The summed E-state index contributed by atoms with van der Waals surface area (Å²) < 4.78 is 10.4. The number of H-pyrrole nitrogens is 1. The summed E-state index contributed by atoms with van der Waals surface area (Å²) in [6.07, 6.45) is 0.775. The van der Waals surface area contributed by atoms with E-state index in [4.69, 9.17) is 9.47 Å². The highest BCUT2D eigenvalue weighted by Crippen LogP contribution is 2.18. The van der Waals surface area contributed by atoms with Crippen molar-refractivity contribution in [2.75, 3.05) is 27.4 Å². The number of benzene rings is 2. The number of imidazole rings is 1. The summed E-state index contributed by atoms with van der Waals surface area (Å²) in [6, 6.07) is 13.4. The maximum Gasteiger partial charge on any atom is 0.254 e. The van der Waals surface area contributed by atoms with Gasteiger partial charge in [0.05, 0.1) is 18.1 Å². The van der Waals surface area contributed by atoms with Crippen LogP contribution in [-0.4, -0.2) is 48.1 Å². The number of aromatic nitrogens is 2. The number of nitrogens with one attached hydrogen (secondary N) is 1. The average Bonchev–Trinajstić information content (AvgIpc) is 3.06. The molecule has 0 aliphatic heterocycles. The molecule has 2 aromatic carbocycles. The summed E-state index contributed by atoms with van der Waals surface area (Å²) in [5.74, 6) is 1.61. The van der Waals surface area contributed by atoms with Gasteiger partial charge in [-0.1, -0.05) is 12.1 Å². The lowest BCUT2D eigenvalue weighted by Crippen LogP contribution is -2.32. The van der Waals surface area contributed by atoms with Crippen LogP contribution in [-0.2, 0) is 11.3 Å². The van der Waals surface area contributed by atoms with E-state index in [0.29, 0.717) is 25.3 Å². The predicted octanol–water partition coefficient (Wildman–Crippen LogP) is 3.56. The van der Waals surface area contributed by atoms with Crippen LogP contribution < -0.4 is 4.74 Å². The summed E-state index contributed by atoms with van der Waals surface area (Å²) in [6.45, 7) is 3.64. The van der Waals surface area contributed by atoms with E-state index in [-0.39, 0.29) is 5.91 Å². The van der Waals surface area contributed by atoms with Crippen LogP contribution in [0.5, 0.6) is 5.75 Å². The lowest BCUT2D eigenvalue weighted by molar-refractivity contribution is 0.0723. The molecule has 0 radical (unpaired) electrons. The molecule has 3 aromatic rings. The normalized spacial score (nSPS) is 10.9. The molecule has 1 amide bonds. The molecule has 0 saturated heterocycles. The molecule has 0 spiro atoms. The number of rotatable bonds is 8. The second kappa shape index (κ2) is 8.68. The van der Waals surface area contributed by atoms with E-state index >= 15 is 0 Å². The van der Waals surface area contributed by atoms with Gasteiger partial charge in [0, 0.05) is 32.4 Å². The Balaban J connectivity index is 1.84. The molecule has 0 unspecified atom stereocenters. The van der Waals surface area contributed by atoms with Gasteiger partial charge in [0.15, 0.2) is 0 Å². The van der Waals surface area contributed by atoms with Crippen LogP contribution in [0.1, 0.15) is 28.2 Å². The zero-order valence-corrected chi connectivity index (χ0v) is 16.0. The van der Waals surface area contributed by atoms with E-state index in [1.54, 1.807) is 14.2 Å². The summed E-state index contributed by atoms with van der Waals surface area (Å²) >= 11 is 0. The molecule has 0 aliphatic carbocycles. The highest BCUT2D eigenvalue weighted by atomic mass is 16.5. The van der Waals surface area contributed by atoms with Crippen molar-refractivity contribution < 1.29 is 14.3 Å². The van der Waals surface area contributed by atoms with Crippen LogP contribution in [0, 0.1) is 6.92 Å².